The number of hydrogen-bond acceptors (Lipinski definition) is 6. The van der Waals surface area contributed by atoms with Gasteiger partial charge in [-0.1, -0.05) is 6.07 Å². The van der Waals surface area contributed by atoms with Crippen molar-refractivity contribution in [1.29, 1.82) is 0 Å². The molecule has 0 unspecified atom stereocenters. The lowest BCUT2D eigenvalue weighted by atomic mass is 9.78. The Balaban J connectivity index is 1.61. The number of fused-ring (bicyclic) bond motifs is 1. The molecule has 0 saturated carbocycles. The van der Waals surface area contributed by atoms with Gasteiger partial charge in [0, 0.05) is 19.0 Å². The van der Waals surface area contributed by atoms with Gasteiger partial charge in [-0.15, -0.1) is 0 Å². The fourth-order valence-corrected chi connectivity index (χ4v) is 5.01. The minimum absolute atomic E-state index is 0.0494. The van der Waals surface area contributed by atoms with Crippen molar-refractivity contribution in [2.45, 2.75) is 37.6 Å². The maximum Gasteiger partial charge on any atom is 0.307 e. The molecule has 0 radical (unpaired) electrons. The van der Waals surface area contributed by atoms with Gasteiger partial charge in [-0.2, -0.15) is 0 Å². The first-order valence-corrected chi connectivity index (χ1v) is 10.3. The summed E-state index contributed by atoms with van der Waals surface area (Å²) in [5.74, 6) is 1.99. The third-order valence-corrected chi connectivity index (χ3v) is 6.27. The number of carbonyl (C=O) groups is 2. The zero-order chi connectivity index (χ0) is 21.6. The highest BCUT2D eigenvalue weighted by Crippen LogP contribution is 2.55. The van der Waals surface area contributed by atoms with Crippen molar-refractivity contribution in [3.05, 3.63) is 59.9 Å². The Labute approximate surface area is 180 Å². The van der Waals surface area contributed by atoms with Gasteiger partial charge in [0.2, 0.25) is 12.7 Å². The number of methoxy groups -OCH3 is 1. The molecular weight excluding hydrogens is 398 g/mol. The molecule has 2 aliphatic heterocycles. The second-order valence-corrected chi connectivity index (χ2v) is 7.98. The zero-order valence-electron chi connectivity index (χ0n) is 17.4. The summed E-state index contributed by atoms with van der Waals surface area (Å²) >= 11 is 0. The van der Waals surface area contributed by atoms with E-state index in [4.69, 9.17) is 18.9 Å². The van der Waals surface area contributed by atoms with Gasteiger partial charge in [0.05, 0.1) is 18.6 Å². The fourth-order valence-electron chi connectivity index (χ4n) is 5.01. The minimum atomic E-state index is -0.565. The molecule has 1 spiro atoms. The number of rotatable bonds is 4. The number of nitrogens with zero attached hydrogens (tertiary/aromatic N) is 1. The summed E-state index contributed by atoms with van der Waals surface area (Å²) in [6.45, 7) is 1.57. The molecular formula is C24H23NO6. The van der Waals surface area contributed by atoms with E-state index in [9.17, 15) is 9.59 Å². The van der Waals surface area contributed by atoms with Gasteiger partial charge in [0.1, 0.15) is 11.5 Å². The molecule has 1 amide bonds. The maximum atomic E-state index is 13.1. The fraction of sp³-hybridized carbons (Fsp3) is 0.333. The van der Waals surface area contributed by atoms with Gasteiger partial charge < -0.3 is 23.8 Å². The van der Waals surface area contributed by atoms with Crippen molar-refractivity contribution in [2.24, 2.45) is 0 Å². The minimum Gasteiger partial charge on any atom is -0.497 e. The molecule has 0 aromatic heterocycles. The summed E-state index contributed by atoms with van der Waals surface area (Å²) in [6.07, 6.45) is 3.60. The lowest BCUT2D eigenvalue weighted by molar-refractivity contribution is -0.137. The molecule has 160 valence electrons. The summed E-state index contributed by atoms with van der Waals surface area (Å²) < 4.78 is 21.9. The topological polar surface area (TPSA) is 74.3 Å². The highest BCUT2D eigenvalue weighted by atomic mass is 16.7. The standard InChI is InChI=1S/C24H23NO6/c1-15(26)31-20-9-11-24(23(20)16-3-8-19-21(13-16)30-14-29-19)12-10-22(27)25(24)17-4-6-18(28-2)7-5-17/h3-9,13,23H,10-12,14H2,1-2H3/t23-,24+/m1/s1. The highest BCUT2D eigenvalue weighted by molar-refractivity contribution is 5.98. The predicted octanol–water partition coefficient (Wildman–Crippen LogP) is 3.92. The van der Waals surface area contributed by atoms with Gasteiger partial charge in [-0.05, 0) is 60.9 Å². The Hall–Kier alpha value is -3.48. The average Bonchev–Trinajstić information content (AvgIpc) is 3.45. The molecule has 1 aliphatic carbocycles. The number of anilines is 1. The number of benzene rings is 2. The van der Waals surface area contributed by atoms with E-state index >= 15 is 0 Å². The summed E-state index contributed by atoms with van der Waals surface area (Å²) in [5, 5.41) is 0. The molecule has 0 N–H and O–H groups in total. The Morgan fingerprint density at radius 3 is 2.65 bits per heavy atom. The number of esters is 1. The van der Waals surface area contributed by atoms with Crippen molar-refractivity contribution in [3.63, 3.8) is 0 Å². The van der Waals surface area contributed by atoms with E-state index < -0.39 is 5.54 Å². The molecule has 2 aromatic rings. The van der Waals surface area contributed by atoms with Crippen molar-refractivity contribution in [3.8, 4) is 17.2 Å². The quantitative estimate of drug-likeness (QED) is 0.697. The molecule has 1 fully saturated rings. The van der Waals surface area contributed by atoms with Crippen LogP contribution >= 0.6 is 0 Å². The third-order valence-electron chi connectivity index (χ3n) is 6.27. The van der Waals surface area contributed by atoms with Crippen molar-refractivity contribution < 1.29 is 28.5 Å². The second kappa shape index (κ2) is 7.34. The number of ether oxygens (including phenoxy) is 4. The molecule has 0 bridgehead atoms. The van der Waals surface area contributed by atoms with Crippen LogP contribution in [0.15, 0.2) is 54.3 Å². The third kappa shape index (κ3) is 3.12. The predicted molar refractivity (Wildman–Crippen MR) is 112 cm³/mol. The van der Waals surface area contributed by atoms with Crippen LogP contribution in [0.5, 0.6) is 17.2 Å². The molecule has 7 heteroatoms. The summed E-state index contributed by atoms with van der Waals surface area (Å²) in [4.78, 5) is 26.8. The lowest BCUT2D eigenvalue weighted by Crippen LogP contribution is -2.49. The van der Waals surface area contributed by atoms with E-state index in [0.717, 1.165) is 17.0 Å². The Kier molecular flexibility index (Phi) is 4.61. The van der Waals surface area contributed by atoms with Crippen LogP contribution in [0.1, 0.15) is 37.7 Å². The molecule has 31 heavy (non-hydrogen) atoms. The van der Waals surface area contributed by atoms with Crippen LogP contribution < -0.4 is 19.1 Å². The van der Waals surface area contributed by atoms with Gasteiger partial charge >= 0.3 is 5.97 Å². The number of amides is 1. The van der Waals surface area contributed by atoms with Gasteiger partial charge in [0.15, 0.2) is 11.5 Å². The monoisotopic (exact) mass is 421 g/mol. The summed E-state index contributed by atoms with van der Waals surface area (Å²) in [5.41, 5.74) is 1.15. The van der Waals surface area contributed by atoms with E-state index in [-0.39, 0.29) is 24.6 Å². The molecule has 5 rings (SSSR count). The normalized spacial score (nSPS) is 23.9. The highest BCUT2D eigenvalue weighted by Gasteiger charge is 2.56. The van der Waals surface area contributed by atoms with E-state index in [1.807, 2.05) is 53.4 Å². The van der Waals surface area contributed by atoms with Crippen LogP contribution in [0, 0.1) is 0 Å². The summed E-state index contributed by atoms with van der Waals surface area (Å²) in [7, 11) is 1.61. The van der Waals surface area contributed by atoms with Crippen molar-refractivity contribution in [2.75, 3.05) is 18.8 Å². The van der Waals surface area contributed by atoms with Crippen molar-refractivity contribution in [1.82, 2.24) is 0 Å². The van der Waals surface area contributed by atoms with Crippen LogP contribution in [-0.2, 0) is 14.3 Å². The van der Waals surface area contributed by atoms with E-state index in [1.54, 1.807) is 7.11 Å². The first-order valence-electron chi connectivity index (χ1n) is 10.3. The molecule has 2 aromatic carbocycles. The average molecular weight is 421 g/mol. The van der Waals surface area contributed by atoms with Gasteiger partial charge in [0.25, 0.3) is 0 Å². The molecule has 7 nitrogen and oxygen atoms in total. The van der Waals surface area contributed by atoms with Crippen LogP contribution in [0.2, 0.25) is 0 Å². The first-order chi connectivity index (χ1) is 15.0. The van der Waals surface area contributed by atoms with Crippen molar-refractivity contribution >= 4 is 17.6 Å². The Morgan fingerprint density at radius 2 is 1.90 bits per heavy atom. The van der Waals surface area contributed by atoms with Gasteiger partial charge in [-0.25, -0.2) is 0 Å². The summed E-state index contributed by atoms with van der Waals surface area (Å²) in [6, 6.07) is 13.2. The smallest absolute Gasteiger partial charge is 0.307 e. The van der Waals surface area contributed by atoms with Crippen LogP contribution in [0.25, 0.3) is 0 Å². The second-order valence-electron chi connectivity index (χ2n) is 7.98. The lowest BCUT2D eigenvalue weighted by Gasteiger charge is -2.41. The van der Waals surface area contributed by atoms with Crippen LogP contribution in [0.4, 0.5) is 5.69 Å². The molecule has 3 aliphatic rings. The number of hydrogen-bond donors (Lipinski definition) is 0. The van der Waals surface area contributed by atoms with E-state index in [1.165, 1.54) is 6.92 Å². The van der Waals surface area contributed by atoms with Gasteiger partial charge in [-0.3, -0.25) is 9.59 Å². The van der Waals surface area contributed by atoms with E-state index in [2.05, 4.69) is 0 Å². The largest absolute Gasteiger partial charge is 0.497 e. The Morgan fingerprint density at radius 1 is 1.13 bits per heavy atom. The van der Waals surface area contributed by atoms with E-state index in [0.29, 0.717) is 36.5 Å². The molecule has 2 heterocycles. The number of carbonyl (C=O) groups excluding carboxylic acids is 2. The maximum absolute atomic E-state index is 13.1. The molecule has 1 saturated heterocycles. The Bertz CT molecular complexity index is 1080. The van der Waals surface area contributed by atoms with Crippen LogP contribution in [0.3, 0.4) is 0 Å². The van der Waals surface area contributed by atoms with Crippen LogP contribution in [-0.4, -0.2) is 31.3 Å². The molecule has 2 atom stereocenters. The SMILES string of the molecule is COc1ccc(N2C(=O)CC[C@]23CC=C(OC(C)=O)[C@H]3c2ccc3c(c2)OCO3)cc1. The zero-order valence-corrected chi connectivity index (χ0v) is 17.4. The first kappa shape index (κ1) is 19.5.